The van der Waals surface area contributed by atoms with Crippen molar-refractivity contribution < 1.29 is 14.0 Å². The monoisotopic (exact) mass is 461 g/mol. The minimum atomic E-state index is -0.307. The Bertz CT molecular complexity index is 874. The molecule has 0 bridgehead atoms. The van der Waals surface area contributed by atoms with Crippen molar-refractivity contribution in [1.29, 1.82) is 0 Å². The summed E-state index contributed by atoms with van der Waals surface area (Å²) >= 11 is 1.27. The molecule has 2 heterocycles. The minimum absolute atomic E-state index is 0.00123. The van der Waals surface area contributed by atoms with Gasteiger partial charge in [-0.05, 0) is 43.5 Å². The number of likely N-dealkylation sites (tertiary alicyclic amines) is 1. The lowest BCUT2D eigenvalue weighted by atomic mass is 9.97. The van der Waals surface area contributed by atoms with Gasteiger partial charge in [0.15, 0.2) is 0 Å². The zero-order chi connectivity index (χ0) is 22.8. The molecule has 174 valence electrons. The van der Waals surface area contributed by atoms with Gasteiger partial charge >= 0.3 is 0 Å². The number of nitrogens with one attached hydrogen (secondary N) is 2. The topological polar surface area (TPSA) is 87.2 Å². The number of hydrogen-bond acceptors (Lipinski definition) is 6. The predicted molar refractivity (Wildman–Crippen MR) is 123 cm³/mol. The molecule has 0 saturated carbocycles. The summed E-state index contributed by atoms with van der Waals surface area (Å²) in [5.41, 5.74) is 0.812. The Kier molecular flexibility index (Phi) is 9.55. The highest BCUT2D eigenvalue weighted by Crippen LogP contribution is 2.20. The fraction of sp³-hybridized carbons (Fsp3) is 0.565. The first-order chi connectivity index (χ1) is 15.5. The minimum Gasteiger partial charge on any atom is -0.356 e. The summed E-state index contributed by atoms with van der Waals surface area (Å²) in [6, 6.07) is 6.00. The molecule has 2 N–H and O–H groups in total. The first-order valence-corrected chi connectivity index (χ1v) is 12.2. The highest BCUT2D eigenvalue weighted by molar-refractivity contribution is 7.13. The van der Waals surface area contributed by atoms with Gasteiger partial charge in [0.05, 0.1) is 12.5 Å². The average Bonchev–Trinajstić information content (AvgIpc) is 3.27. The van der Waals surface area contributed by atoms with Crippen LogP contribution in [0.1, 0.15) is 65.8 Å². The van der Waals surface area contributed by atoms with E-state index in [0.717, 1.165) is 49.3 Å². The van der Waals surface area contributed by atoms with Gasteiger partial charge in [-0.15, -0.1) is 10.2 Å². The fourth-order valence-electron chi connectivity index (χ4n) is 3.78. The maximum atomic E-state index is 13.0. The van der Waals surface area contributed by atoms with Crippen molar-refractivity contribution in [2.45, 2.75) is 58.5 Å². The van der Waals surface area contributed by atoms with Gasteiger partial charge in [0.1, 0.15) is 10.8 Å². The third kappa shape index (κ3) is 7.63. The van der Waals surface area contributed by atoms with Crippen LogP contribution >= 0.6 is 11.3 Å². The lowest BCUT2D eigenvalue weighted by Gasteiger charge is -2.31. The summed E-state index contributed by atoms with van der Waals surface area (Å²) in [6.07, 6.45) is 6.47. The Hall–Kier alpha value is -2.39. The molecule has 1 fully saturated rings. The number of piperidine rings is 1. The van der Waals surface area contributed by atoms with Crippen LogP contribution in [0, 0.1) is 11.7 Å². The van der Waals surface area contributed by atoms with Crippen LogP contribution < -0.4 is 10.6 Å². The molecule has 7 nitrogen and oxygen atoms in total. The summed E-state index contributed by atoms with van der Waals surface area (Å²) in [6.45, 7) is 5.43. The van der Waals surface area contributed by atoms with Gasteiger partial charge in [0.2, 0.25) is 10.9 Å². The molecule has 9 heteroatoms. The molecule has 1 saturated heterocycles. The molecule has 1 aliphatic rings. The lowest BCUT2D eigenvalue weighted by molar-refractivity contribution is -0.126. The summed E-state index contributed by atoms with van der Waals surface area (Å²) in [7, 11) is 0. The SMILES string of the molecule is CCCCCCNC(=O)C1CCCN(Cc2nnc(C(=O)NCc3ccc(F)cc3)s2)C1. The van der Waals surface area contributed by atoms with E-state index in [1.807, 2.05) is 0 Å². The Balaban J connectivity index is 1.43. The van der Waals surface area contributed by atoms with Crippen LogP contribution in [-0.2, 0) is 17.9 Å². The number of amides is 2. The standard InChI is InChI=1S/C23H32FN5O2S/c1-2-3-4-5-12-25-21(30)18-7-6-13-29(15-18)16-20-27-28-23(32-20)22(31)26-14-17-8-10-19(24)11-9-17/h8-11,18H,2-7,12-16H2,1H3,(H,25,30)(H,26,31). The van der Waals surface area contributed by atoms with Crippen molar-refractivity contribution in [2.24, 2.45) is 5.92 Å². The first-order valence-electron chi connectivity index (χ1n) is 11.4. The van der Waals surface area contributed by atoms with E-state index in [0.29, 0.717) is 24.6 Å². The smallest absolute Gasteiger partial charge is 0.282 e. The molecule has 3 rings (SSSR count). The van der Waals surface area contributed by atoms with Crippen LogP contribution in [0.3, 0.4) is 0 Å². The van der Waals surface area contributed by atoms with Crippen molar-refractivity contribution in [2.75, 3.05) is 19.6 Å². The van der Waals surface area contributed by atoms with E-state index < -0.39 is 0 Å². The van der Waals surface area contributed by atoms with Crippen molar-refractivity contribution in [3.8, 4) is 0 Å². The normalized spacial score (nSPS) is 16.6. The second-order valence-electron chi connectivity index (χ2n) is 8.24. The molecule has 1 aliphatic heterocycles. The Morgan fingerprint density at radius 2 is 1.97 bits per heavy atom. The van der Waals surface area contributed by atoms with E-state index in [9.17, 15) is 14.0 Å². The first kappa shape index (κ1) is 24.3. The van der Waals surface area contributed by atoms with E-state index in [2.05, 4.69) is 32.7 Å². The molecule has 0 radical (unpaired) electrons. The number of benzene rings is 1. The zero-order valence-electron chi connectivity index (χ0n) is 18.6. The van der Waals surface area contributed by atoms with Crippen molar-refractivity contribution >= 4 is 23.2 Å². The molecule has 1 atom stereocenters. The molecule has 2 aromatic rings. The van der Waals surface area contributed by atoms with E-state index in [-0.39, 0.29) is 23.5 Å². The molecular weight excluding hydrogens is 429 g/mol. The third-order valence-corrected chi connectivity index (χ3v) is 6.50. The summed E-state index contributed by atoms with van der Waals surface area (Å²) < 4.78 is 13.0. The van der Waals surface area contributed by atoms with Crippen LogP contribution in [0.15, 0.2) is 24.3 Å². The molecule has 1 aromatic carbocycles. The van der Waals surface area contributed by atoms with Gasteiger partial charge in [-0.3, -0.25) is 14.5 Å². The van der Waals surface area contributed by atoms with Gasteiger partial charge in [-0.1, -0.05) is 49.7 Å². The summed E-state index contributed by atoms with van der Waals surface area (Å²) in [5, 5.41) is 15.1. The summed E-state index contributed by atoms with van der Waals surface area (Å²) in [5.74, 6) is -0.457. The second-order valence-corrected chi connectivity index (χ2v) is 9.30. The molecule has 2 amide bonds. The van der Waals surface area contributed by atoms with Crippen molar-refractivity contribution in [1.82, 2.24) is 25.7 Å². The van der Waals surface area contributed by atoms with Gasteiger partial charge in [0, 0.05) is 19.6 Å². The maximum Gasteiger partial charge on any atom is 0.282 e. The number of rotatable bonds is 11. The predicted octanol–water partition coefficient (Wildman–Crippen LogP) is 3.52. The van der Waals surface area contributed by atoms with Gasteiger partial charge in [-0.2, -0.15) is 0 Å². The average molecular weight is 462 g/mol. The quantitative estimate of drug-likeness (QED) is 0.500. The number of carbonyl (C=O) groups excluding carboxylic acids is 2. The number of unbranched alkanes of at least 4 members (excludes halogenated alkanes) is 3. The van der Waals surface area contributed by atoms with Crippen LogP contribution in [-0.4, -0.2) is 46.5 Å². The number of halogens is 1. The molecule has 1 unspecified atom stereocenters. The van der Waals surface area contributed by atoms with Gasteiger partial charge < -0.3 is 10.6 Å². The van der Waals surface area contributed by atoms with E-state index in [4.69, 9.17) is 0 Å². The van der Waals surface area contributed by atoms with E-state index >= 15 is 0 Å². The highest BCUT2D eigenvalue weighted by atomic mass is 32.1. The molecule has 0 spiro atoms. The van der Waals surface area contributed by atoms with Crippen LogP contribution in [0.4, 0.5) is 4.39 Å². The molecule has 1 aromatic heterocycles. The number of nitrogens with zero attached hydrogens (tertiary/aromatic N) is 3. The zero-order valence-corrected chi connectivity index (χ0v) is 19.4. The molecule has 32 heavy (non-hydrogen) atoms. The Morgan fingerprint density at radius 1 is 1.16 bits per heavy atom. The maximum absolute atomic E-state index is 13.0. The summed E-state index contributed by atoms with van der Waals surface area (Å²) in [4.78, 5) is 27.1. The number of hydrogen-bond donors (Lipinski definition) is 2. The molecule has 0 aliphatic carbocycles. The second kappa shape index (κ2) is 12.6. The number of carbonyl (C=O) groups is 2. The lowest BCUT2D eigenvalue weighted by Crippen LogP contribution is -2.42. The van der Waals surface area contributed by atoms with Crippen molar-refractivity contribution in [3.63, 3.8) is 0 Å². The van der Waals surface area contributed by atoms with Crippen LogP contribution in [0.25, 0.3) is 0 Å². The Morgan fingerprint density at radius 3 is 2.75 bits per heavy atom. The molecular formula is C23H32FN5O2S. The van der Waals surface area contributed by atoms with E-state index in [1.54, 1.807) is 12.1 Å². The van der Waals surface area contributed by atoms with Crippen LogP contribution in [0.5, 0.6) is 0 Å². The van der Waals surface area contributed by atoms with Crippen molar-refractivity contribution in [3.05, 3.63) is 45.7 Å². The number of aromatic nitrogens is 2. The fourth-order valence-corrected chi connectivity index (χ4v) is 4.58. The van der Waals surface area contributed by atoms with Crippen LogP contribution in [0.2, 0.25) is 0 Å². The highest BCUT2D eigenvalue weighted by Gasteiger charge is 2.26. The van der Waals surface area contributed by atoms with E-state index in [1.165, 1.54) is 36.3 Å². The van der Waals surface area contributed by atoms with Gasteiger partial charge in [0.25, 0.3) is 5.91 Å². The third-order valence-electron chi connectivity index (χ3n) is 5.59. The Labute approximate surface area is 192 Å². The van der Waals surface area contributed by atoms with Gasteiger partial charge in [-0.25, -0.2) is 4.39 Å². The largest absolute Gasteiger partial charge is 0.356 e.